The van der Waals surface area contributed by atoms with Gasteiger partial charge in [-0.1, -0.05) is 60.7 Å². The fourth-order valence-electron chi connectivity index (χ4n) is 5.42. The van der Waals surface area contributed by atoms with Crippen LogP contribution < -0.4 is 11.1 Å². The lowest BCUT2D eigenvalue weighted by Gasteiger charge is -2.51. The zero-order valence-corrected chi connectivity index (χ0v) is 18.9. The third-order valence-corrected chi connectivity index (χ3v) is 7.40. The summed E-state index contributed by atoms with van der Waals surface area (Å²) in [6, 6.07) is 17.1. The second-order valence-corrected chi connectivity index (χ2v) is 9.34. The van der Waals surface area contributed by atoms with Crippen LogP contribution in [-0.2, 0) is 16.0 Å². The van der Waals surface area contributed by atoms with E-state index in [0.717, 1.165) is 18.4 Å². The zero-order valence-electron chi connectivity index (χ0n) is 18.9. The summed E-state index contributed by atoms with van der Waals surface area (Å²) in [5.74, 6) is -0.336. The monoisotopic (exact) mass is 442 g/mol. The first-order valence-corrected chi connectivity index (χ1v) is 11.7. The van der Waals surface area contributed by atoms with Crippen molar-refractivity contribution in [2.24, 2.45) is 10.7 Å². The number of hydrogen-bond donors (Lipinski definition) is 2. The van der Waals surface area contributed by atoms with Crippen molar-refractivity contribution in [3.8, 4) is 0 Å². The normalized spacial score (nSPS) is 28.7. The number of amides is 2. The first-order valence-electron chi connectivity index (χ1n) is 11.7. The van der Waals surface area contributed by atoms with Crippen molar-refractivity contribution in [3.05, 3.63) is 83.4 Å². The minimum absolute atomic E-state index is 0.0271. The number of nitrogens with zero attached hydrogens (tertiary/aromatic N) is 2. The first-order chi connectivity index (χ1) is 16.0. The molecule has 0 bridgehead atoms. The molecule has 2 heterocycles. The topological polar surface area (TPSA) is 87.8 Å². The maximum atomic E-state index is 13.8. The molecule has 170 valence electrons. The van der Waals surface area contributed by atoms with Crippen molar-refractivity contribution in [3.63, 3.8) is 0 Å². The van der Waals surface area contributed by atoms with Crippen molar-refractivity contribution in [1.29, 1.82) is 0 Å². The Kier molecular flexibility index (Phi) is 5.62. The minimum atomic E-state index is -1.06. The molecule has 5 atom stereocenters. The van der Waals surface area contributed by atoms with Crippen LogP contribution in [-0.4, -0.2) is 47.1 Å². The van der Waals surface area contributed by atoms with E-state index in [9.17, 15) is 9.59 Å². The second kappa shape index (κ2) is 8.60. The number of benzene rings is 2. The van der Waals surface area contributed by atoms with Crippen LogP contribution in [0.25, 0.3) is 0 Å². The molecule has 4 unspecified atom stereocenters. The quantitative estimate of drug-likeness (QED) is 0.746. The molecule has 0 aromatic heterocycles. The molecule has 6 nitrogen and oxygen atoms in total. The van der Waals surface area contributed by atoms with Crippen LogP contribution in [0.5, 0.6) is 0 Å². The molecule has 2 amide bonds. The van der Waals surface area contributed by atoms with Crippen LogP contribution in [0.4, 0.5) is 0 Å². The molecule has 3 N–H and O–H groups in total. The molecule has 2 aromatic carbocycles. The minimum Gasteiger partial charge on any atom is -0.347 e. The van der Waals surface area contributed by atoms with E-state index in [1.807, 2.05) is 61.5 Å². The van der Waals surface area contributed by atoms with Gasteiger partial charge in [-0.3, -0.25) is 14.6 Å². The van der Waals surface area contributed by atoms with E-state index in [1.165, 1.54) is 11.1 Å². The Morgan fingerprint density at radius 2 is 1.91 bits per heavy atom. The van der Waals surface area contributed by atoms with Gasteiger partial charge in [-0.2, -0.15) is 0 Å². The lowest BCUT2D eigenvalue weighted by Crippen LogP contribution is -2.69. The van der Waals surface area contributed by atoms with Crippen LogP contribution >= 0.6 is 0 Å². The summed E-state index contributed by atoms with van der Waals surface area (Å²) in [5, 5.41) is 3.25. The highest BCUT2D eigenvalue weighted by atomic mass is 16.2. The number of aliphatic imine (C=N–C) groups is 1. The molecule has 0 radical (unpaired) electrons. The zero-order chi connectivity index (χ0) is 23.0. The number of hydrogen-bond acceptors (Lipinski definition) is 4. The van der Waals surface area contributed by atoms with Gasteiger partial charge in [0.05, 0.1) is 6.04 Å². The van der Waals surface area contributed by atoms with Gasteiger partial charge in [0, 0.05) is 31.1 Å². The number of nitrogens with two attached hydrogens (primary N) is 1. The predicted molar refractivity (Wildman–Crippen MR) is 129 cm³/mol. The maximum Gasteiger partial charge on any atom is 0.253 e. The van der Waals surface area contributed by atoms with Gasteiger partial charge in [0.1, 0.15) is 6.04 Å². The lowest BCUT2D eigenvalue weighted by molar-refractivity contribution is -0.154. The summed E-state index contributed by atoms with van der Waals surface area (Å²) in [6.07, 6.45) is 7.67. The molecule has 1 fully saturated rings. The van der Waals surface area contributed by atoms with Crippen LogP contribution in [0.2, 0.25) is 0 Å². The summed E-state index contributed by atoms with van der Waals surface area (Å²) in [6.45, 7) is 2.29. The van der Waals surface area contributed by atoms with Gasteiger partial charge in [-0.15, -0.1) is 0 Å². The SMILES string of the molecule is CC(N)C1(C(=O)N2CC(c3ccccc3)C2C(=O)N[C@@H]2CCc3ccccc32)CC=CC=N1. The number of aryl methyl sites for hydroxylation is 1. The van der Waals surface area contributed by atoms with E-state index in [-0.39, 0.29) is 23.8 Å². The number of allylic oxidation sites excluding steroid dienone is 1. The number of carbonyl (C=O) groups excluding carboxylic acids is 2. The highest BCUT2D eigenvalue weighted by Gasteiger charge is 2.54. The molecule has 5 rings (SSSR count). The fourth-order valence-corrected chi connectivity index (χ4v) is 5.42. The summed E-state index contributed by atoms with van der Waals surface area (Å²) in [4.78, 5) is 33.7. The van der Waals surface area contributed by atoms with Gasteiger partial charge in [0.15, 0.2) is 5.54 Å². The van der Waals surface area contributed by atoms with Crippen molar-refractivity contribution in [2.75, 3.05) is 6.54 Å². The van der Waals surface area contributed by atoms with E-state index < -0.39 is 17.6 Å². The van der Waals surface area contributed by atoms with Gasteiger partial charge in [0.25, 0.3) is 5.91 Å². The Labute approximate surface area is 194 Å². The van der Waals surface area contributed by atoms with E-state index in [1.54, 1.807) is 11.1 Å². The fraction of sp³-hybridized carbons (Fsp3) is 0.370. The van der Waals surface area contributed by atoms with Gasteiger partial charge < -0.3 is 16.0 Å². The Morgan fingerprint density at radius 1 is 1.15 bits per heavy atom. The third kappa shape index (κ3) is 3.68. The number of dihydropyridines is 1. The highest BCUT2D eigenvalue weighted by molar-refractivity contribution is 5.97. The molecule has 2 aromatic rings. The van der Waals surface area contributed by atoms with Crippen molar-refractivity contribution < 1.29 is 9.59 Å². The standard InChI is InChI=1S/C27H30N4O2/c1-18(28)27(15-7-8-16-29-27)26(33)31-17-22(19-9-3-2-4-10-19)24(31)25(32)30-23-14-13-20-11-5-6-12-21(20)23/h2-12,16,18,22-24H,13-15,17,28H2,1H3,(H,30,32)/t18?,22?,23-,24?,27?/m1/s1. The predicted octanol–water partition coefficient (Wildman–Crippen LogP) is 2.90. The van der Waals surface area contributed by atoms with Gasteiger partial charge in [-0.25, -0.2) is 0 Å². The molecule has 3 aliphatic rings. The van der Waals surface area contributed by atoms with Crippen LogP contribution in [0.1, 0.15) is 48.4 Å². The Balaban J connectivity index is 1.42. The molecule has 2 aliphatic heterocycles. The van der Waals surface area contributed by atoms with Crippen molar-refractivity contribution >= 4 is 18.0 Å². The Morgan fingerprint density at radius 3 is 2.64 bits per heavy atom. The third-order valence-electron chi connectivity index (χ3n) is 7.40. The molecular weight excluding hydrogens is 412 g/mol. The van der Waals surface area contributed by atoms with Crippen LogP contribution in [0.15, 0.2) is 71.7 Å². The highest BCUT2D eigenvalue weighted by Crippen LogP contribution is 2.39. The van der Waals surface area contributed by atoms with E-state index in [0.29, 0.717) is 13.0 Å². The first kappa shape index (κ1) is 21.6. The molecule has 0 saturated carbocycles. The molecule has 6 heteroatoms. The Bertz CT molecular complexity index is 1110. The number of nitrogens with one attached hydrogen (secondary N) is 1. The second-order valence-electron chi connectivity index (χ2n) is 9.34. The van der Waals surface area contributed by atoms with E-state index in [2.05, 4.69) is 22.4 Å². The molecular formula is C27H30N4O2. The lowest BCUT2D eigenvalue weighted by atomic mass is 9.77. The summed E-state index contributed by atoms with van der Waals surface area (Å²) in [5.41, 5.74) is 8.74. The summed E-state index contributed by atoms with van der Waals surface area (Å²) >= 11 is 0. The number of likely N-dealkylation sites (tertiary alicyclic amines) is 1. The van der Waals surface area contributed by atoms with E-state index >= 15 is 0 Å². The van der Waals surface area contributed by atoms with E-state index in [4.69, 9.17) is 5.73 Å². The van der Waals surface area contributed by atoms with Crippen LogP contribution in [0.3, 0.4) is 0 Å². The van der Waals surface area contributed by atoms with Gasteiger partial charge >= 0.3 is 0 Å². The van der Waals surface area contributed by atoms with Crippen LogP contribution in [0, 0.1) is 0 Å². The molecule has 1 aliphatic carbocycles. The summed E-state index contributed by atoms with van der Waals surface area (Å²) < 4.78 is 0. The largest absolute Gasteiger partial charge is 0.347 e. The smallest absolute Gasteiger partial charge is 0.253 e. The number of carbonyl (C=O) groups is 2. The molecule has 0 spiro atoms. The Hall–Kier alpha value is -3.25. The molecule has 1 saturated heterocycles. The van der Waals surface area contributed by atoms with Gasteiger partial charge in [0.2, 0.25) is 5.91 Å². The maximum absolute atomic E-state index is 13.8. The number of fused-ring (bicyclic) bond motifs is 1. The number of rotatable bonds is 5. The van der Waals surface area contributed by atoms with Crippen molar-refractivity contribution in [2.45, 2.75) is 55.8 Å². The average Bonchev–Trinajstić information content (AvgIpc) is 3.22. The average molecular weight is 443 g/mol. The van der Waals surface area contributed by atoms with Gasteiger partial charge in [-0.05, 0) is 42.5 Å². The van der Waals surface area contributed by atoms with Crippen molar-refractivity contribution in [1.82, 2.24) is 10.2 Å². The molecule has 33 heavy (non-hydrogen) atoms. The summed E-state index contributed by atoms with van der Waals surface area (Å²) in [7, 11) is 0.